The average Bonchev–Trinajstić information content (AvgIpc) is 2.59. The monoisotopic (exact) mass is 294 g/mol. The van der Waals surface area contributed by atoms with Gasteiger partial charge in [-0.3, -0.25) is 9.78 Å². The van der Waals surface area contributed by atoms with Crippen LogP contribution < -0.4 is 4.74 Å². The second-order valence-electron chi connectivity index (χ2n) is 5.29. The molecule has 1 aliphatic rings. The average molecular weight is 294 g/mol. The van der Waals surface area contributed by atoms with Gasteiger partial charge in [0.05, 0.1) is 5.57 Å². The molecule has 0 spiro atoms. The Kier molecular flexibility index (Phi) is 4.19. The van der Waals surface area contributed by atoms with Crippen LogP contribution in [0.5, 0.6) is 5.75 Å². The maximum Gasteiger partial charge on any atom is 0.253 e. The highest BCUT2D eigenvalue weighted by Gasteiger charge is 2.19. The second-order valence-corrected chi connectivity index (χ2v) is 5.29. The Labute approximate surface area is 130 Å². The van der Waals surface area contributed by atoms with Crippen LogP contribution in [0.1, 0.15) is 11.3 Å². The van der Waals surface area contributed by atoms with Gasteiger partial charge >= 0.3 is 0 Å². The van der Waals surface area contributed by atoms with Crippen molar-refractivity contribution in [2.24, 2.45) is 0 Å². The van der Waals surface area contributed by atoms with Crippen LogP contribution in [0.4, 0.5) is 0 Å². The number of pyridine rings is 1. The first-order chi connectivity index (χ1) is 10.7. The van der Waals surface area contributed by atoms with Gasteiger partial charge < -0.3 is 9.64 Å². The molecule has 0 atom stereocenters. The highest BCUT2D eigenvalue weighted by atomic mass is 16.5. The number of nitrogens with zero attached hydrogens (tertiary/aromatic N) is 2. The van der Waals surface area contributed by atoms with Crippen LogP contribution in [0.2, 0.25) is 0 Å². The van der Waals surface area contributed by atoms with Crippen molar-refractivity contribution in [1.29, 1.82) is 0 Å². The number of benzene rings is 1. The molecule has 0 N–H and O–H groups in total. The molecule has 0 fully saturated rings. The van der Waals surface area contributed by atoms with Crippen molar-refractivity contribution in [2.45, 2.75) is 6.42 Å². The van der Waals surface area contributed by atoms with Crippen molar-refractivity contribution in [3.63, 3.8) is 0 Å². The molecule has 0 bridgehead atoms. The molecule has 0 saturated heterocycles. The van der Waals surface area contributed by atoms with Crippen molar-refractivity contribution in [1.82, 2.24) is 9.88 Å². The lowest BCUT2D eigenvalue weighted by Gasteiger charge is -2.22. The minimum atomic E-state index is 0.00503. The number of amides is 1. The molecule has 1 amide bonds. The van der Waals surface area contributed by atoms with Gasteiger partial charge in [-0.05, 0) is 24.3 Å². The van der Waals surface area contributed by atoms with E-state index in [0.29, 0.717) is 18.7 Å². The molecule has 0 aliphatic carbocycles. The molecule has 4 nitrogen and oxygen atoms in total. The van der Waals surface area contributed by atoms with E-state index in [2.05, 4.69) is 4.98 Å². The molecule has 0 radical (unpaired) electrons. The third-order valence-corrected chi connectivity index (χ3v) is 3.68. The lowest BCUT2D eigenvalue weighted by atomic mass is 10.1. The lowest BCUT2D eigenvalue weighted by Crippen LogP contribution is -2.32. The molecular formula is C18H18N2O2. The van der Waals surface area contributed by atoms with Gasteiger partial charge in [0.15, 0.2) is 0 Å². The van der Waals surface area contributed by atoms with Crippen LogP contribution >= 0.6 is 0 Å². The summed E-state index contributed by atoms with van der Waals surface area (Å²) in [4.78, 5) is 18.5. The predicted octanol–water partition coefficient (Wildman–Crippen LogP) is 2.56. The highest BCUT2D eigenvalue weighted by Crippen LogP contribution is 2.26. The summed E-state index contributed by atoms with van der Waals surface area (Å²) in [6, 6.07) is 13.6. The van der Waals surface area contributed by atoms with E-state index in [4.69, 9.17) is 4.74 Å². The second kappa shape index (κ2) is 6.43. The van der Waals surface area contributed by atoms with Crippen molar-refractivity contribution in [3.8, 4) is 5.75 Å². The zero-order valence-corrected chi connectivity index (χ0v) is 12.5. The first-order valence-corrected chi connectivity index (χ1v) is 7.32. The molecule has 0 saturated carbocycles. The Balaban J connectivity index is 1.65. The normalized spacial score (nSPS) is 12.9. The first kappa shape index (κ1) is 14.3. The molecule has 0 unspecified atom stereocenters. The molecule has 1 aromatic heterocycles. The van der Waals surface area contributed by atoms with Crippen LogP contribution in [0.25, 0.3) is 6.08 Å². The molecule has 112 valence electrons. The van der Waals surface area contributed by atoms with E-state index >= 15 is 0 Å². The van der Waals surface area contributed by atoms with Gasteiger partial charge in [-0.15, -0.1) is 0 Å². The van der Waals surface area contributed by atoms with E-state index in [-0.39, 0.29) is 5.91 Å². The first-order valence-electron chi connectivity index (χ1n) is 7.32. The molecule has 1 aliphatic heterocycles. The number of hydrogen-bond donors (Lipinski definition) is 0. The fraction of sp³-hybridized carbons (Fsp3) is 0.222. The lowest BCUT2D eigenvalue weighted by molar-refractivity contribution is -0.126. The topological polar surface area (TPSA) is 42.4 Å². The summed E-state index contributed by atoms with van der Waals surface area (Å²) in [6.07, 6.45) is 4.43. The number of carbonyl (C=O) groups excluding carboxylic acids is 1. The summed E-state index contributed by atoms with van der Waals surface area (Å²) in [5.74, 6) is 0.834. The maximum absolute atomic E-state index is 12.5. The fourth-order valence-electron chi connectivity index (χ4n) is 2.41. The third-order valence-electron chi connectivity index (χ3n) is 3.68. The Morgan fingerprint density at radius 3 is 2.86 bits per heavy atom. The van der Waals surface area contributed by atoms with Crippen LogP contribution in [-0.4, -0.2) is 36.0 Å². The van der Waals surface area contributed by atoms with Gasteiger partial charge in [-0.25, -0.2) is 0 Å². The molecule has 3 rings (SSSR count). The molecule has 2 aromatic rings. The minimum Gasteiger partial charge on any atom is -0.488 e. The fourth-order valence-corrected chi connectivity index (χ4v) is 2.41. The minimum absolute atomic E-state index is 0.00503. The largest absolute Gasteiger partial charge is 0.488 e. The van der Waals surface area contributed by atoms with Crippen molar-refractivity contribution < 1.29 is 9.53 Å². The zero-order valence-electron chi connectivity index (χ0n) is 12.5. The van der Waals surface area contributed by atoms with Crippen LogP contribution in [0.15, 0.2) is 54.2 Å². The van der Waals surface area contributed by atoms with Crippen molar-refractivity contribution in [3.05, 3.63) is 65.5 Å². The van der Waals surface area contributed by atoms with Crippen LogP contribution in [0.3, 0.4) is 0 Å². The molecule has 22 heavy (non-hydrogen) atoms. The van der Waals surface area contributed by atoms with E-state index < -0.39 is 0 Å². The number of aromatic nitrogens is 1. The number of ether oxygens (including phenoxy) is 1. The van der Waals surface area contributed by atoms with Crippen LogP contribution in [-0.2, 0) is 11.2 Å². The molecule has 4 heteroatoms. The Bertz CT molecular complexity index is 695. The van der Waals surface area contributed by atoms with E-state index in [1.165, 1.54) is 0 Å². The smallest absolute Gasteiger partial charge is 0.253 e. The van der Waals surface area contributed by atoms with E-state index in [9.17, 15) is 4.79 Å². The number of likely N-dealkylation sites (N-methyl/N-ethyl adjacent to an activating group) is 1. The SMILES string of the molecule is CN(CCc1ccccn1)C(=O)C1=Cc2ccccc2OC1. The van der Waals surface area contributed by atoms with Gasteiger partial charge in [0, 0.05) is 37.5 Å². The zero-order chi connectivity index (χ0) is 15.4. The summed E-state index contributed by atoms with van der Waals surface area (Å²) >= 11 is 0. The maximum atomic E-state index is 12.5. The molecule has 2 heterocycles. The summed E-state index contributed by atoms with van der Waals surface area (Å²) in [5, 5.41) is 0. The molecule has 1 aromatic carbocycles. The summed E-state index contributed by atoms with van der Waals surface area (Å²) in [6.45, 7) is 0.957. The van der Waals surface area contributed by atoms with E-state index in [1.54, 1.807) is 11.1 Å². The van der Waals surface area contributed by atoms with E-state index in [1.807, 2.05) is 55.6 Å². The third kappa shape index (κ3) is 3.17. The Morgan fingerprint density at radius 2 is 2.05 bits per heavy atom. The number of fused-ring (bicyclic) bond motifs is 1. The van der Waals surface area contributed by atoms with Gasteiger partial charge in [0.1, 0.15) is 12.4 Å². The Morgan fingerprint density at radius 1 is 1.23 bits per heavy atom. The standard InChI is InChI=1S/C18H18N2O2/c1-20(11-9-16-7-4-5-10-19-16)18(21)15-12-14-6-2-3-8-17(14)22-13-15/h2-8,10,12H,9,11,13H2,1H3. The van der Waals surface area contributed by atoms with Gasteiger partial charge in [0.2, 0.25) is 0 Å². The van der Waals surface area contributed by atoms with Crippen molar-refractivity contribution >= 4 is 12.0 Å². The summed E-state index contributed by atoms with van der Waals surface area (Å²) in [7, 11) is 1.81. The van der Waals surface area contributed by atoms with Crippen LogP contribution in [0, 0.1) is 0 Å². The quantitative estimate of drug-likeness (QED) is 0.870. The molecular weight excluding hydrogens is 276 g/mol. The summed E-state index contributed by atoms with van der Waals surface area (Å²) in [5.41, 5.74) is 2.62. The van der Waals surface area contributed by atoms with Gasteiger partial charge in [-0.2, -0.15) is 0 Å². The van der Waals surface area contributed by atoms with E-state index in [0.717, 1.165) is 23.4 Å². The van der Waals surface area contributed by atoms with Gasteiger partial charge in [0.25, 0.3) is 5.91 Å². The summed E-state index contributed by atoms with van der Waals surface area (Å²) < 4.78 is 5.64. The number of hydrogen-bond acceptors (Lipinski definition) is 3. The van der Waals surface area contributed by atoms with Crippen molar-refractivity contribution in [2.75, 3.05) is 20.2 Å². The predicted molar refractivity (Wildman–Crippen MR) is 85.5 cm³/mol. The number of carbonyl (C=O) groups is 1. The Hall–Kier alpha value is -2.62. The number of para-hydroxylation sites is 1. The highest BCUT2D eigenvalue weighted by molar-refractivity contribution is 5.99. The van der Waals surface area contributed by atoms with Gasteiger partial charge in [-0.1, -0.05) is 24.3 Å². The number of rotatable bonds is 4.